The second-order valence-corrected chi connectivity index (χ2v) is 7.06. The second-order valence-electron chi connectivity index (χ2n) is 6.10. The van der Waals surface area contributed by atoms with E-state index >= 15 is 0 Å². The van der Waals surface area contributed by atoms with E-state index in [9.17, 15) is 5.11 Å². The van der Waals surface area contributed by atoms with E-state index in [2.05, 4.69) is 32.2 Å². The summed E-state index contributed by atoms with van der Waals surface area (Å²) in [5.41, 5.74) is 3.85. The quantitative estimate of drug-likeness (QED) is 0.485. The summed E-state index contributed by atoms with van der Waals surface area (Å²) in [7, 11) is 0. The fourth-order valence-electron chi connectivity index (χ4n) is 2.71. The molecule has 0 unspecified atom stereocenters. The Hall–Kier alpha value is -3.06. The molecule has 0 aliphatic rings. The number of phenols is 1. The van der Waals surface area contributed by atoms with E-state index < -0.39 is 0 Å². The summed E-state index contributed by atoms with van der Waals surface area (Å²) in [6.07, 6.45) is 0.795. The number of phenolic OH excluding ortho intramolecular Hbond substituents is 1. The zero-order chi connectivity index (χ0) is 18.6. The van der Waals surface area contributed by atoms with Gasteiger partial charge in [0.05, 0.1) is 17.0 Å². The van der Waals surface area contributed by atoms with Crippen LogP contribution in [0, 0.1) is 6.92 Å². The number of para-hydroxylation sites is 1. The number of H-pyrrole nitrogens is 1. The second kappa shape index (κ2) is 7.67. The van der Waals surface area contributed by atoms with Gasteiger partial charge in [0, 0.05) is 12.1 Å². The van der Waals surface area contributed by atoms with Gasteiger partial charge in [-0.15, -0.1) is 0 Å². The molecule has 0 spiro atoms. The molecule has 0 aliphatic carbocycles. The van der Waals surface area contributed by atoms with Gasteiger partial charge in [0.15, 0.2) is 11.0 Å². The van der Waals surface area contributed by atoms with Gasteiger partial charge in [-0.1, -0.05) is 59.4 Å². The van der Waals surface area contributed by atoms with E-state index in [0.717, 1.165) is 23.0 Å². The highest BCUT2D eigenvalue weighted by Gasteiger charge is 2.14. The Morgan fingerprint density at radius 2 is 1.81 bits per heavy atom. The summed E-state index contributed by atoms with van der Waals surface area (Å²) in [5.74, 6) is 1.50. The topological polar surface area (TPSA) is 87.8 Å². The first-order chi connectivity index (χ1) is 13.2. The number of nitrogens with one attached hydrogen (secondary N) is 1. The van der Waals surface area contributed by atoms with Crippen LogP contribution in [0.2, 0.25) is 0 Å². The Morgan fingerprint density at radius 1 is 1.04 bits per heavy atom. The summed E-state index contributed by atoms with van der Waals surface area (Å²) in [6, 6.07) is 17.2. The summed E-state index contributed by atoms with van der Waals surface area (Å²) >= 11 is 1.52. The zero-order valence-corrected chi connectivity index (χ0v) is 15.5. The van der Waals surface area contributed by atoms with Gasteiger partial charge < -0.3 is 14.6 Å². The van der Waals surface area contributed by atoms with E-state index in [1.165, 1.54) is 17.3 Å². The van der Waals surface area contributed by atoms with Gasteiger partial charge >= 0.3 is 0 Å². The van der Waals surface area contributed by atoms with Crippen molar-refractivity contribution < 1.29 is 9.63 Å². The lowest BCUT2D eigenvalue weighted by molar-refractivity contribution is 0.419. The maximum Gasteiger partial charge on any atom is 0.261 e. The van der Waals surface area contributed by atoms with E-state index in [1.807, 2.05) is 31.2 Å². The average molecular weight is 378 g/mol. The van der Waals surface area contributed by atoms with Crippen molar-refractivity contribution in [2.75, 3.05) is 0 Å². The number of aromatic hydroxyl groups is 1. The molecule has 27 heavy (non-hydrogen) atoms. The minimum absolute atomic E-state index is 0.118. The van der Waals surface area contributed by atoms with E-state index in [0.29, 0.717) is 23.0 Å². The number of hydrogen-bond donors (Lipinski definition) is 2. The molecule has 0 bridgehead atoms. The minimum atomic E-state index is 0.118. The molecule has 0 fully saturated rings. The molecular weight excluding hydrogens is 360 g/mol. The van der Waals surface area contributed by atoms with Crippen molar-refractivity contribution in [1.29, 1.82) is 0 Å². The molecular formula is C20H18N4O2S. The highest BCUT2D eigenvalue weighted by Crippen LogP contribution is 2.28. The summed E-state index contributed by atoms with van der Waals surface area (Å²) in [4.78, 5) is 12.3. The molecule has 7 heteroatoms. The maximum absolute atomic E-state index is 9.89. The molecule has 0 saturated heterocycles. The van der Waals surface area contributed by atoms with Gasteiger partial charge in [-0.3, -0.25) is 0 Å². The molecule has 0 aliphatic heterocycles. The van der Waals surface area contributed by atoms with Crippen LogP contribution in [0.5, 0.6) is 5.75 Å². The number of aromatic nitrogens is 4. The average Bonchev–Trinajstić information content (AvgIpc) is 3.28. The molecule has 0 atom stereocenters. The number of nitrogens with zero attached hydrogens (tertiary/aromatic N) is 3. The van der Waals surface area contributed by atoms with Gasteiger partial charge in [0.1, 0.15) is 5.75 Å². The van der Waals surface area contributed by atoms with Crippen molar-refractivity contribution in [2.24, 2.45) is 0 Å². The molecule has 2 N–H and O–H groups in total. The fraction of sp³-hybridized carbons (Fsp3) is 0.150. The van der Waals surface area contributed by atoms with Crippen LogP contribution < -0.4 is 0 Å². The van der Waals surface area contributed by atoms with Crippen LogP contribution in [0.15, 0.2) is 64.3 Å². The molecule has 0 saturated carbocycles. The van der Waals surface area contributed by atoms with E-state index in [-0.39, 0.29) is 5.75 Å². The Labute approximate surface area is 160 Å². The molecule has 4 aromatic rings. The third kappa shape index (κ3) is 4.03. The van der Waals surface area contributed by atoms with Crippen molar-refractivity contribution in [3.05, 3.63) is 77.4 Å². The van der Waals surface area contributed by atoms with Gasteiger partial charge in [0.2, 0.25) is 0 Å². The van der Waals surface area contributed by atoms with Crippen molar-refractivity contribution in [3.63, 3.8) is 0 Å². The number of thioether (sulfide) groups is 1. The fourth-order valence-corrected chi connectivity index (χ4v) is 3.49. The van der Waals surface area contributed by atoms with Crippen molar-refractivity contribution in [1.82, 2.24) is 20.1 Å². The SMILES string of the molecule is Cc1[nH]c(SCc2noc(-c3ccccc3O)n2)nc1Cc1ccccc1. The van der Waals surface area contributed by atoms with Crippen LogP contribution in [0.3, 0.4) is 0 Å². The zero-order valence-electron chi connectivity index (χ0n) is 14.7. The number of imidazole rings is 1. The van der Waals surface area contributed by atoms with Gasteiger partial charge in [-0.05, 0) is 24.6 Å². The highest BCUT2D eigenvalue weighted by atomic mass is 32.2. The largest absolute Gasteiger partial charge is 0.507 e. The van der Waals surface area contributed by atoms with Gasteiger partial charge in [-0.25, -0.2) is 4.98 Å². The maximum atomic E-state index is 9.89. The Bertz CT molecular complexity index is 1040. The number of aryl methyl sites for hydroxylation is 1. The predicted molar refractivity (Wildman–Crippen MR) is 104 cm³/mol. The van der Waals surface area contributed by atoms with Crippen molar-refractivity contribution >= 4 is 11.8 Å². The first-order valence-corrected chi connectivity index (χ1v) is 9.51. The molecule has 0 amide bonds. The van der Waals surface area contributed by atoms with Crippen LogP contribution in [-0.4, -0.2) is 25.2 Å². The minimum Gasteiger partial charge on any atom is -0.507 e. The van der Waals surface area contributed by atoms with Crippen LogP contribution in [-0.2, 0) is 12.2 Å². The Balaban J connectivity index is 1.42. The lowest BCUT2D eigenvalue weighted by Gasteiger charge is -1.98. The van der Waals surface area contributed by atoms with E-state index in [1.54, 1.807) is 18.2 Å². The monoisotopic (exact) mass is 378 g/mol. The third-order valence-corrected chi connectivity index (χ3v) is 4.99. The summed E-state index contributed by atoms with van der Waals surface area (Å²) in [6.45, 7) is 2.03. The molecule has 4 rings (SSSR count). The lowest BCUT2D eigenvalue weighted by Crippen LogP contribution is -1.90. The number of benzene rings is 2. The van der Waals surface area contributed by atoms with Crippen LogP contribution in [0.25, 0.3) is 11.5 Å². The lowest BCUT2D eigenvalue weighted by atomic mass is 10.1. The molecule has 2 aromatic heterocycles. The summed E-state index contributed by atoms with van der Waals surface area (Å²) < 4.78 is 5.26. The molecule has 0 radical (unpaired) electrons. The molecule has 136 valence electrons. The smallest absolute Gasteiger partial charge is 0.261 e. The number of hydrogen-bond acceptors (Lipinski definition) is 6. The van der Waals surface area contributed by atoms with Gasteiger partial charge in [0.25, 0.3) is 5.89 Å². The molecule has 2 heterocycles. The Kier molecular flexibility index (Phi) is 4.93. The summed E-state index contributed by atoms with van der Waals surface area (Å²) in [5, 5.41) is 14.7. The Morgan fingerprint density at radius 3 is 2.63 bits per heavy atom. The number of aromatic amines is 1. The van der Waals surface area contributed by atoms with E-state index in [4.69, 9.17) is 4.52 Å². The normalized spacial score (nSPS) is 11.0. The first kappa shape index (κ1) is 17.4. The molecule has 2 aromatic carbocycles. The predicted octanol–water partition coefficient (Wildman–Crippen LogP) is 4.36. The van der Waals surface area contributed by atoms with Crippen LogP contribution in [0.1, 0.15) is 22.8 Å². The standard InChI is InChI=1S/C20H18N4O2S/c1-13-16(11-14-7-3-2-4-8-14)22-20(21-13)27-12-18-23-19(26-24-18)15-9-5-6-10-17(15)25/h2-10,25H,11-12H2,1H3,(H,21,22). The molecule has 6 nitrogen and oxygen atoms in total. The highest BCUT2D eigenvalue weighted by molar-refractivity contribution is 7.98. The van der Waals surface area contributed by atoms with Crippen molar-refractivity contribution in [2.45, 2.75) is 24.3 Å². The van der Waals surface area contributed by atoms with Crippen LogP contribution in [0.4, 0.5) is 0 Å². The van der Waals surface area contributed by atoms with Crippen molar-refractivity contribution in [3.8, 4) is 17.2 Å². The number of rotatable bonds is 6. The van der Waals surface area contributed by atoms with Crippen LogP contribution >= 0.6 is 11.8 Å². The first-order valence-electron chi connectivity index (χ1n) is 8.52. The van der Waals surface area contributed by atoms with Gasteiger partial charge in [-0.2, -0.15) is 4.98 Å². The third-order valence-electron chi connectivity index (χ3n) is 4.12.